The number of amides is 1. The maximum absolute atomic E-state index is 12.6. The smallest absolute Gasteiger partial charge is 0.254 e. The van der Waals surface area contributed by atoms with E-state index in [0.717, 1.165) is 32.2 Å². The summed E-state index contributed by atoms with van der Waals surface area (Å²) in [6, 6.07) is 5.15. The highest BCUT2D eigenvalue weighted by molar-refractivity contribution is 7.92. The van der Waals surface area contributed by atoms with E-state index in [0.29, 0.717) is 16.8 Å². The lowest BCUT2D eigenvalue weighted by molar-refractivity contribution is 0.0761. The van der Waals surface area contributed by atoms with Crippen molar-refractivity contribution in [1.82, 2.24) is 4.90 Å². The van der Waals surface area contributed by atoms with Crippen molar-refractivity contribution in [3.8, 4) is 0 Å². The zero-order chi connectivity index (χ0) is 15.5. The summed E-state index contributed by atoms with van der Waals surface area (Å²) in [5.41, 5.74) is 1.72. The molecule has 1 N–H and O–H groups in total. The van der Waals surface area contributed by atoms with Crippen LogP contribution in [-0.4, -0.2) is 38.6 Å². The number of hydrogen-bond donors (Lipinski definition) is 1. The van der Waals surface area contributed by atoms with Gasteiger partial charge in [-0.25, -0.2) is 8.42 Å². The quantitative estimate of drug-likeness (QED) is 0.932. The normalized spacial score (nSPS) is 16.4. The van der Waals surface area contributed by atoms with Gasteiger partial charge in [0, 0.05) is 18.7 Å². The van der Waals surface area contributed by atoms with Gasteiger partial charge in [0.15, 0.2) is 0 Å². The molecule has 1 fully saturated rings. The van der Waals surface area contributed by atoms with E-state index in [1.807, 2.05) is 4.90 Å². The van der Waals surface area contributed by atoms with E-state index in [9.17, 15) is 13.2 Å². The Labute approximate surface area is 126 Å². The Balaban J connectivity index is 2.26. The largest absolute Gasteiger partial charge is 0.339 e. The third-order valence-corrected chi connectivity index (χ3v) is 4.34. The molecule has 116 valence electrons. The first-order valence-corrected chi connectivity index (χ1v) is 9.14. The first-order valence-electron chi connectivity index (χ1n) is 7.25. The van der Waals surface area contributed by atoms with E-state index >= 15 is 0 Å². The van der Waals surface area contributed by atoms with Gasteiger partial charge in [-0.2, -0.15) is 0 Å². The van der Waals surface area contributed by atoms with Crippen LogP contribution in [-0.2, 0) is 10.0 Å². The SMILES string of the molecule is Cc1c(NS(C)(=O)=O)cccc1C(=O)N1CCCCCC1. The molecule has 1 aromatic carbocycles. The van der Waals surface area contributed by atoms with Crippen molar-refractivity contribution in [3.05, 3.63) is 29.3 Å². The van der Waals surface area contributed by atoms with E-state index in [2.05, 4.69) is 4.72 Å². The molecule has 0 radical (unpaired) electrons. The Kier molecular flexibility index (Phi) is 4.88. The highest BCUT2D eigenvalue weighted by Gasteiger charge is 2.20. The molecule has 1 aliphatic rings. The Hall–Kier alpha value is -1.56. The first kappa shape index (κ1) is 15.8. The summed E-state index contributed by atoms with van der Waals surface area (Å²) < 4.78 is 25.2. The lowest BCUT2D eigenvalue weighted by Gasteiger charge is -2.22. The van der Waals surface area contributed by atoms with Gasteiger partial charge >= 0.3 is 0 Å². The fraction of sp³-hybridized carbons (Fsp3) is 0.533. The molecular weight excluding hydrogens is 288 g/mol. The predicted molar refractivity (Wildman–Crippen MR) is 84.0 cm³/mol. The van der Waals surface area contributed by atoms with Gasteiger partial charge in [0.2, 0.25) is 10.0 Å². The van der Waals surface area contributed by atoms with Crippen LogP contribution in [0.1, 0.15) is 41.6 Å². The van der Waals surface area contributed by atoms with Gasteiger partial charge in [-0.3, -0.25) is 9.52 Å². The molecule has 1 amide bonds. The van der Waals surface area contributed by atoms with Crippen LogP contribution in [0.25, 0.3) is 0 Å². The summed E-state index contributed by atoms with van der Waals surface area (Å²) in [5.74, 6) is -0.00782. The fourth-order valence-corrected chi connectivity index (χ4v) is 3.24. The summed E-state index contributed by atoms with van der Waals surface area (Å²) in [6.45, 7) is 3.34. The number of likely N-dealkylation sites (tertiary alicyclic amines) is 1. The minimum atomic E-state index is -3.35. The topological polar surface area (TPSA) is 66.5 Å². The van der Waals surface area contributed by atoms with Crippen LogP contribution in [0.5, 0.6) is 0 Å². The summed E-state index contributed by atoms with van der Waals surface area (Å²) in [5, 5.41) is 0. The maximum Gasteiger partial charge on any atom is 0.254 e. The van der Waals surface area contributed by atoms with Crippen molar-refractivity contribution < 1.29 is 13.2 Å². The van der Waals surface area contributed by atoms with Crippen LogP contribution in [0.4, 0.5) is 5.69 Å². The number of rotatable bonds is 3. The average Bonchev–Trinajstić information content (AvgIpc) is 2.68. The molecule has 1 aliphatic heterocycles. The van der Waals surface area contributed by atoms with Crippen molar-refractivity contribution in [2.75, 3.05) is 24.1 Å². The molecule has 21 heavy (non-hydrogen) atoms. The molecule has 6 heteroatoms. The second kappa shape index (κ2) is 6.47. The third kappa shape index (κ3) is 4.20. The van der Waals surface area contributed by atoms with Crippen molar-refractivity contribution >= 4 is 21.6 Å². The Morgan fingerprint density at radius 1 is 1.14 bits per heavy atom. The zero-order valence-electron chi connectivity index (χ0n) is 12.6. The molecule has 0 aliphatic carbocycles. The number of carbonyl (C=O) groups is 1. The van der Waals surface area contributed by atoms with Crippen LogP contribution in [0.2, 0.25) is 0 Å². The van der Waals surface area contributed by atoms with Gasteiger partial charge < -0.3 is 4.90 Å². The number of carbonyl (C=O) groups excluding carboxylic acids is 1. The lowest BCUT2D eigenvalue weighted by Crippen LogP contribution is -2.32. The molecule has 0 spiro atoms. The van der Waals surface area contributed by atoms with E-state index in [-0.39, 0.29) is 5.91 Å². The number of anilines is 1. The highest BCUT2D eigenvalue weighted by Crippen LogP contribution is 2.22. The van der Waals surface area contributed by atoms with Gasteiger partial charge in [0.1, 0.15) is 0 Å². The first-order chi connectivity index (χ1) is 9.88. The monoisotopic (exact) mass is 310 g/mol. The number of nitrogens with zero attached hydrogens (tertiary/aromatic N) is 1. The fourth-order valence-electron chi connectivity index (χ4n) is 2.62. The van der Waals surface area contributed by atoms with Crippen molar-refractivity contribution in [1.29, 1.82) is 0 Å². The molecule has 2 rings (SSSR count). The van der Waals surface area contributed by atoms with E-state index in [1.54, 1.807) is 25.1 Å². The lowest BCUT2D eigenvalue weighted by atomic mass is 10.1. The van der Waals surface area contributed by atoms with Crippen LogP contribution in [0.3, 0.4) is 0 Å². The predicted octanol–water partition coefficient (Wildman–Crippen LogP) is 2.38. The third-order valence-electron chi connectivity index (χ3n) is 3.75. The second-order valence-electron chi connectivity index (χ2n) is 5.56. The minimum absolute atomic E-state index is 0.00782. The minimum Gasteiger partial charge on any atom is -0.339 e. The van der Waals surface area contributed by atoms with Crippen molar-refractivity contribution in [2.24, 2.45) is 0 Å². The van der Waals surface area contributed by atoms with Crippen LogP contribution < -0.4 is 4.72 Å². The molecule has 1 aromatic rings. The standard InChI is InChI=1S/C15H22N2O3S/c1-12-13(8-7-9-14(12)16-21(2,19)20)15(18)17-10-5-3-4-6-11-17/h7-9,16H,3-6,10-11H2,1-2H3. The summed E-state index contributed by atoms with van der Waals surface area (Å²) in [4.78, 5) is 14.5. The molecule has 0 saturated carbocycles. The Morgan fingerprint density at radius 3 is 2.33 bits per heavy atom. The molecule has 0 unspecified atom stereocenters. The van der Waals surface area contributed by atoms with Gasteiger partial charge in [0.05, 0.1) is 11.9 Å². The van der Waals surface area contributed by atoms with Crippen LogP contribution in [0, 0.1) is 6.92 Å². The van der Waals surface area contributed by atoms with Crippen LogP contribution >= 0.6 is 0 Å². The average molecular weight is 310 g/mol. The number of nitrogens with one attached hydrogen (secondary N) is 1. The zero-order valence-corrected chi connectivity index (χ0v) is 13.4. The van der Waals surface area contributed by atoms with Gasteiger partial charge in [0.25, 0.3) is 5.91 Å². The second-order valence-corrected chi connectivity index (χ2v) is 7.31. The molecule has 1 saturated heterocycles. The summed E-state index contributed by atoms with van der Waals surface area (Å²) in [7, 11) is -3.35. The van der Waals surface area contributed by atoms with E-state index in [4.69, 9.17) is 0 Å². The maximum atomic E-state index is 12.6. The molecule has 0 bridgehead atoms. The van der Waals surface area contributed by atoms with Gasteiger partial charge in [-0.15, -0.1) is 0 Å². The van der Waals surface area contributed by atoms with Gasteiger partial charge in [-0.05, 0) is 37.5 Å². The molecule has 1 heterocycles. The van der Waals surface area contributed by atoms with Crippen LogP contribution in [0.15, 0.2) is 18.2 Å². The highest BCUT2D eigenvalue weighted by atomic mass is 32.2. The molecule has 5 nitrogen and oxygen atoms in total. The van der Waals surface area contributed by atoms with E-state index < -0.39 is 10.0 Å². The Bertz CT molecular complexity index is 618. The molecular formula is C15H22N2O3S. The van der Waals surface area contributed by atoms with Gasteiger partial charge in [-0.1, -0.05) is 18.9 Å². The number of benzene rings is 1. The number of sulfonamides is 1. The Morgan fingerprint density at radius 2 is 1.76 bits per heavy atom. The number of hydrogen-bond acceptors (Lipinski definition) is 3. The molecule has 0 atom stereocenters. The summed E-state index contributed by atoms with van der Waals surface area (Å²) >= 11 is 0. The molecule has 0 aromatic heterocycles. The van der Waals surface area contributed by atoms with E-state index in [1.165, 1.54) is 12.8 Å². The van der Waals surface area contributed by atoms with Crippen molar-refractivity contribution in [2.45, 2.75) is 32.6 Å². The summed E-state index contributed by atoms with van der Waals surface area (Å²) in [6.07, 6.45) is 5.50. The van der Waals surface area contributed by atoms with Crippen molar-refractivity contribution in [3.63, 3.8) is 0 Å².